The van der Waals surface area contributed by atoms with Crippen LogP contribution in [-0.4, -0.2) is 57.8 Å². The summed E-state index contributed by atoms with van der Waals surface area (Å²) in [5.74, 6) is 0.733. The van der Waals surface area contributed by atoms with E-state index < -0.39 is 0 Å². The van der Waals surface area contributed by atoms with Gasteiger partial charge in [-0.2, -0.15) is 0 Å². The number of rotatable bonds is 4. The molecule has 1 saturated heterocycles. The smallest absolute Gasteiger partial charge is 0.193 e. The van der Waals surface area contributed by atoms with E-state index in [1.807, 2.05) is 0 Å². The van der Waals surface area contributed by atoms with Gasteiger partial charge in [0.05, 0.1) is 5.69 Å². The molecule has 0 radical (unpaired) electrons. The predicted molar refractivity (Wildman–Crippen MR) is 75.5 cm³/mol. The van der Waals surface area contributed by atoms with Crippen molar-refractivity contribution in [2.24, 2.45) is 0 Å². The average Bonchev–Trinajstić information content (AvgIpc) is 2.92. The summed E-state index contributed by atoms with van der Waals surface area (Å²) in [5, 5.41) is 2.07. The number of piperazine rings is 1. The standard InChI is InChI=1S/C12H17ClN4S/c13-1-2-15-3-5-16(6-4-15)9-11-10-17-7-8-18-12(17)14-11/h7-8,10H,1-6,9H2. The van der Waals surface area contributed by atoms with Crippen LogP contribution in [0.5, 0.6) is 0 Å². The molecule has 2 aromatic rings. The van der Waals surface area contributed by atoms with Gasteiger partial charge < -0.3 is 0 Å². The number of aromatic nitrogens is 2. The van der Waals surface area contributed by atoms with Gasteiger partial charge in [0.2, 0.25) is 0 Å². The summed E-state index contributed by atoms with van der Waals surface area (Å²) in [4.78, 5) is 10.6. The zero-order valence-corrected chi connectivity index (χ0v) is 11.8. The van der Waals surface area contributed by atoms with Crippen LogP contribution < -0.4 is 0 Å². The van der Waals surface area contributed by atoms with Gasteiger partial charge in [-0.1, -0.05) is 0 Å². The molecule has 6 heteroatoms. The van der Waals surface area contributed by atoms with Crippen LogP contribution in [0.25, 0.3) is 4.96 Å². The molecule has 0 bridgehead atoms. The predicted octanol–water partition coefficient (Wildman–Crippen LogP) is 1.75. The number of hydrogen-bond acceptors (Lipinski definition) is 4. The van der Waals surface area contributed by atoms with E-state index in [-0.39, 0.29) is 0 Å². The van der Waals surface area contributed by atoms with Crippen molar-refractivity contribution in [3.05, 3.63) is 23.5 Å². The third kappa shape index (κ3) is 2.69. The Balaban J connectivity index is 1.56. The van der Waals surface area contributed by atoms with Crippen molar-refractivity contribution in [2.75, 3.05) is 38.6 Å². The third-order valence-corrected chi connectivity index (χ3v) is 4.33. The molecule has 1 aliphatic rings. The number of thiazole rings is 1. The van der Waals surface area contributed by atoms with Crippen LogP contribution >= 0.6 is 22.9 Å². The van der Waals surface area contributed by atoms with Crippen molar-refractivity contribution in [3.63, 3.8) is 0 Å². The number of imidazole rings is 1. The molecule has 1 aliphatic heterocycles. The van der Waals surface area contributed by atoms with Crippen LogP contribution in [0.4, 0.5) is 0 Å². The van der Waals surface area contributed by atoms with E-state index in [0.29, 0.717) is 0 Å². The van der Waals surface area contributed by atoms with Gasteiger partial charge in [0.15, 0.2) is 4.96 Å². The fourth-order valence-electron chi connectivity index (χ4n) is 2.37. The summed E-state index contributed by atoms with van der Waals surface area (Å²) in [6, 6.07) is 0. The van der Waals surface area contributed by atoms with Crippen LogP contribution in [0.1, 0.15) is 5.69 Å². The maximum Gasteiger partial charge on any atom is 0.193 e. The first-order chi connectivity index (χ1) is 8.85. The lowest BCUT2D eigenvalue weighted by molar-refractivity contribution is 0.131. The molecular formula is C12H17ClN4S. The van der Waals surface area contributed by atoms with Crippen LogP contribution in [0.2, 0.25) is 0 Å². The van der Waals surface area contributed by atoms with Crippen LogP contribution in [0, 0.1) is 0 Å². The molecule has 0 saturated carbocycles. The highest BCUT2D eigenvalue weighted by Gasteiger charge is 2.17. The number of fused-ring (bicyclic) bond motifs is 1. The second-order valence-corrected chi connectivity index (χ2v) is 5.88. The summed E-state index contributed by atoms with van der Waals surface area (Å²) in [6.45, 7) is 6.44. The summed E-state index contributed by atoms with van der Waals surface area (Å²) >= 11 is 7.45. The minimum absolute atomic E-state index is 0.733. The molecule has 3 rings (SSSR count). The first-order valence-corrected chi connectivity index (χ1v) is 7.68. The van der Waals surface area contributed by atoms with Gasteiger partial charge in [0, 0.05) is 62.9 Å². The fourth-order valence-corrected chi connectivity index (χ4v) is 3.33. The highest BCUT2D eigenvalue weighted by atomic mass is 35.5. The molecule has 0 spiro atoms. The maximum atomic E-state index is 5.77. The Kier molecular flexibility index (Phi) is 3.84. The molecule has 0 unspecified atom stereocenters. The van der Waals surface area contributed by atoms with Gasteiger partial charge in [0.1, 0.15) is 0 Å². The number of halogens is 1. The zero-order valence-electron chi connectivity index (χ0n) is 10.3. The minimum Gasteiger partial charge on any atom is -0.300 e. The molecule has 0 amide bonds. The molecule has 18 heavy (non-hydrogen) atoms. The number of alkyl halides is 1. The number of hydrogen-bond donors (Lipinski definition) is 0. The summed E-state index contributed by atoms with van der Waals surface area (Å²) in [6.07, 6.45) is 4.20. The Bertz CT molecular complexity index is 472. The van der Waals surface area contributed by atoms with Gasteiger partial charge >= 0.3 is 0 Å². The van der Waals surface area contributed by atoms with Crippen molar-refractivity contribution < 1.29 is 0 Å². The molecular weight excluding hydrogens is 268 g/mol. The minimum atomic E-state index is 0.733. The van der Waals surface area contributed by atoms with E-state index in [4.69, 9.17) is 11.6 Å². The molecule has 1 fully saturated rings. The van der Waals surface area contributed by atoms with Crippen molar-refractivity contribution in [3.8, 4) is 0 Å². The third-order valence-electron chi connectivity index (χ3n) is 3.39. The highest BCUT2D eigenvalue weighted by Crippen LogP contribution is 2.13. The van der Waals surface area contributed by atoms with E-state index in [0.717, 1.165) is 50.1 Å². The molecule has 3 heterocycles. The van der Waals surface area contributed by atoms with E-state index in [9.17, 15) is 0 Å². The molecule has 98 valence electrons. The molecule has 2 aromatic heterocycles. The largest absolute Gasteiger partial charge is 0.300 e. The molecule has 0 aliphatic carbocycles. The lowest BCUT2D eigenvalue weighted by atomic mass is 10.3. The summed E-state index contributed by atoms with van der Waals surface area (Å²) < 4.78 is 2.10. The highest BCUT2D eigenvalue weighted by molar-refractivity contribution is 7.15. The normalized spacial score (nSPS) is 18.7. The van der Waals surface area contributed by atoms with E-state index in [1.165, 1.54) is 5.69 Å². The Hall–Kier alpha value is -0.620. The van der Waals surface area contributed by atoms with Gasteiger partial charge in [0.25, 0.3) is 0 Å². The molecule has 0 aromatic carbocycles. The SMILES string of the molecule is ClCCN1CCN(Cc2cn3ccsc3n2)CC1. The van der Waals surface area contributed by atoms with E-state index in [1.54, 1.807) is 11.3 Å². The molecule has 4 nitrogen and oxygen atoms in total. The Labute approximate surface area is 116 Å². The Morgan fingerprint density at radius 3 is 2.72 bits per heavy atom. The first kappa shape index (κ1) is 12.4. The quantitative estimate of drug-likeness (QED) is 0.800. The second-order valence-electron chi connectivity index (χ2n) is 4.63. The molecule has 0 atom stereocenters. The van der Waals surface area contributed by atoms with Gasteiger partial charge in [-0.25, -0.2) is 4.98 Å². The lowest BCUT2D eigenvalue weighted by Gasteiger charge is -2.33. The van der Waals surface area contributed by atoms with E-state index in [2.05, 4.69) is 37.0 Å². The van der Waals surface area contributed by atoms with Crippen LogP contribution in [-0.2, 0) is 6.54 Å². The van der Waals surface area contributed by atoms with Gasteiger partial charge in [-0.3, -0.25) is 14.2 Å². The van der Waals surface area contributed by atoms with Crippen molar-refractivity contribution >= 4 is 27.9 Å². The monoisotopic (exact) mass is 284 g/mol. The Morgan fingerprint density at radius 2 is 2.00 bits per heavy atom. The maximum absolute atomic E-state index is 5.77. The van der Waals surface area contributed by atoms with Crippen LogP contribution in [0.3, 0.4) is 0 Å². The zero-order chi connectivity index (χ0) is 12.4. The fraction of sp³-hybridized carbons (Fsp3) is 0.583. The summed E-state index contributed by atoms with van der Waals surface area (Å²) in [7, 11) is 0. The lowest BCUT2D eigenvalue weighted by Crippen LogP contribution is -2.46. The van der Waals surface area contributed by atoms with E-state index >= 15 is 0 Å². The topological polar surface area (TPSA) is 23.8 Å². The van der Waals surface area contributed by atoms with Crippen molar-refractivity contribution in [1.29, 1.82) is 0 Å². The Morgan fingerprint density at radius 1 is 1.22 bits per heavy atom. The van der Waals surface area contributed by atoms with Gasteiger partial charge in [-0.05, 0) is 0 Å². The second kappa shape index (κ2) is 5.57. The van der Waals surface area contributed by atoms with Crippen molar-refractivity contribution in [2.45, 2.75) is 6.54 Å². The van der Waals surface area contributed by atoms with Crippen molar-refractivity contribution in [1.82, 2.24) is 19.2 Å². The van der Waals surface area contributed by atoms with Crippen LogP contribution in [0.15, 0.2) is 17.8 Å². The summed E-state index contributed by atoms with van der Waals surface area (Å²) in [5.41, 5.74) is 1.17. The molecule has 0 N–H and O–H groups in total. The average molecular weight is 285 g/mol. The van der Waals surface area contributed by atoms with Gasteiger partial charge in [-0.15, -0.1) is 22.9 Å². The first-order valence-electron chi connectivity index (χ1n) is 6.27. The number of nitrogens with zero attached hydrogens (tertiary/aromatic N) is 4.